The zero-order valence-corrected chi connectivity index (χ0v) is 23.3. The number of benzene rings is 2. The largest absolute Gasteiger partial charge is 0.512 e. The van der Waals surface area contributed by atoms with E-state index in [0.717, 1.165) is 30.4 Å². The summed E-state index contributed by atoms with van der Waals surface area (Å²) in [7, 11) is -4.12. The zero-order valence-electron chi connectivity index (χ0n) is 22.4. The molecule has 0 bridgehead atoms. The van der Waals surface area contributed by atoms with E-state index in [4.69, 9.17) is 9.88 Å². The molecule has 0 saturated heterocycles. The molecular formula is C32H37NO5S. The Labute approximate surface area is 231 Å². The summed E-state index contributed by atoms with van der Waals surface area (Å²) in [5.41, 5.74) is 0.531. The highest BCUT2D eigenvalue weighted by Gasteiger charge is 2.50. The molecular weight excluding hydrogens is 510 g/mol. The molecule has 2 unspecified atom stereocenters. The van der Waals surface area contributed by atoms with E-state index in [1.54, 1.807) is 12.1 Å². The summed E-state index contributed by atoms with van der Waals surface area (Å²) in [6, 6.07) is 15.2. The minimum Gasteiger partial charge on any atom is -0.512 e. The average molecular weight is 548 g/mol. The topological polar surface area (TPSA) is 107 Å². The Bertz CT molecular complexity index is 1440. The van der Waals surface area contributed by atoms with E-state index in [0.29, 0.717) is 43.6 Å². The molecule has 5 rings (SSSR count). The van der Waals surface area contributed by atoms with Crippen LogP contribution in [0, 0.1) is 5.92 Å². The first-order chi connectivity index (χ1) is 18.7. The van der Waals surface area contributed by atoms with Crippen LogP contribution in [0.2, 0.25) is 0 Å². The third-order valence-electron chi connectivity index (χ3n) is 8.29. The number of primary sulfonamides is 1. The van der Waals surface area contributed by atoms with Crippen LogP contribution < -0.4 is 5.14 Å². The van der Waals surface area contributed by atoms with Crippen molar-refractivity contribution in [2.75, 3.05) is 0 Å². The van der Waals surface area contributed by atoms with E-state index in [1.165, 1.54) is 6.07 Å². The number of aryl methyl sites for hydroxylation is 1. The lowest BCUT2D eigenvalue weighted by Crippen LogP contribution is -2.46. The van der Waals surface area contributed by atoms with Crippen molar-refractivity contribution in [1.29, 1.82) is 0 Å². The molecule has 1 heterocycles. The predicted molar refractivity (Wildman–Crippen MR) is 152 cm³/mol. The van der Waals surface area contributed by atoms with Crippen LogP contribution in [0.25, 0.3) is 0 Å². The summed E-state index contributed by atoms with van der Waals surface area (Å²) < 4.78 is 32.1. The molecule has 0 radical (unpaired) electrons. The summed E-state index contributed by atoms with van der Waals surface area (Å²) in [6.07, 6.45) is 13.5. The average Bonchev–Trinajstić information content (AvgIpc) is 3.72. The van der Waals surface area contributed by atoms with E-state index in [9.17, 15) is 18.3 Å². The SMILES string of the molecule is CCCC1(CCc2ccccc2)CC(O)=C(C2(c3c(CC4CC4)cccc3S(N)(=O)=O)C=CC=CC2)C(=O)O1. The highest BCUT2D eigenvalue weighted by molar-refractivity contribution is 7.89. The van der Waals surface area contributed by atoms with Crippen molar-refractivity contribution in [1.82, 2.24) is 0 Å². The Morgan fingerprint density at radius 3 is 2.44 bits per heavy atom. The molecule has 2 aromatic rings. The molecule has 1 fully saturated rings. The number of rotatable bonds is 10. The van der Waals surface area contributed by atoms with Crippen LogP contribution in [0.15, 0.2) is 89.1 Å². The number of ether oxygens (including phenoxy) is 1. The van der Waals surface area contributed by atoms with Gasteiger partial charge >= 0.3 is 5.97 Å². The second-order valence-electron chi connectivity index (χ2n) is 11.3. The molecule has 2 aliphatic carbocycles. The van der Waals surface area contributed by atoms with Gasteiger partial charge in [0, 0.05) is 6.42 Å². The molecule has 0 spiro atoms. The predicted octanol–water partition coefficient (Wildman–Crippen LogP) is 5.97. The van der Waals surface area contributed by atoms with Crippen LogP contribution in [-0.2, 0) is 37.8 Å². The minimum atomic E-state index is -4.12. The smallest absolute Gasteiger partial charge is 0.339 e. The zero-order chi connectivity index (χ0) is 27.7. The van der Waals surface area contributed by atoms with E-state index in [1.807, 2.05) is 61.5 Å². The van der Waals surface area contributed by atoms with Gasteiger partial charge in [0.05, 0.1) is 15.9 Å². The summed E-state index contributed by atoms with van der Waals surface area (Å²) in [5.74, 6) is -0.160. The van der Waals surface area contributed by atoms with Gasteiger partial charge in [0.25, 0.3) is 0 Å². The fourth-order valence-electron chi connectivity index (χ4n) is 6.35. The van der Waals surface area contributed by atoms with Crippen molar-refractivity contribution in [3.05, 3.63) is 101 Å². The van der Waals surface area contributed by atoms with Crippen molar-refractivity contribution in [2.24, 2.45) is 11.1 Å². The van der Waals surface area contributed by atoms with Crippen molar-refractivity contribution >= 4 is 16.0 Å². The maximum atomic E-state index is 14.0. The number of aliphatic hydroxyl groups is 1. The number of carbonyl (C=O) groups excluding carboxylic acids is 1. The monoisotopic (exact) mass is 547 g/mol. The lowest BCUT2D eigenvalue weighted by molar-refractivity contribution is -0.161. The summed E-state index contributed by atoms with van der Waals surface area (Å²) >= 11 is 0. The van der Waals surface area contributed by atoms with E-state index in [2.05, 4.69) is 0 Å². The number of allylic oxidation sites excluding steroid dienone is 4. The summed E-state index contributed by atoms with van der Waals surface area (Å²) in [6.45, 7) is 2.04. The first-order valence-corrected chi connectivity index (χ1v) is 15.4. The van der Waals surface area contributed by atoms with Crippen LogP contribution >= 0.6 is 0 Å². The fourth-order valence-corrected chi connectivity index (χ4v) is 7.22. The van der Waals surface area contributed by atoms with Gasteiger partial charge in [-0.3, -0.25) is 0 Å². The number of hydrogen-bond donors (Lipinski definition) is 2. The molecule has 2 aromatic carbocycles. The van der Waals surface area contributed by atoms with Gasteiger partial charge in [-0.2, -0.15) is 0 Å². The maximum absolute atomic E-state index is 14.0. The third-order valence-corrected chi connectivity index (χ3v) is 9.25. The highest BCUT2D eigenvalue weighted by Crippen LogP contribution is 2.50. The van der Waals surface area contributed by atoms with Crippen LogP contribution in [0.3, 0.4) is 0 Å². The molecule has 1 saturated carbocycles. The second-order valence-corrected chi connectivity index (χ2v) is 12.8. The molecule has 1 aliphatic heterocycles. The lowest BCUT2D eigenvalue weighted by Gasteiger charge is -2.43. The van der Waals surface area contributed by atoms with Crippen LogP contribution in [-0.4, -0.2) is 25.1 Å². The summed E-state index contributed by atoms with van der Waals surface area (Å²) in [5, 5.41) is 17.4. The van der Waals surface area contributed by atoms with Gasteiger partial charge in [-0.05, 0) is 73.6 Å². The van der Waals surface area contributed by atoms with Crippen molar-refractivity contribution < 1.29 is 23.1 Å². The number of cyclic esters (lactones) is 1. The van der Waals surface area contributed by atoms with E-state index >= 15 is 0 Å². The molecule has 3 N–H and O–H groups in total. The molecule has 3 aliphatic rings. The minimum absolute atomic E-state index is 0.0110. The lowest BCUT2D eigenvalue weighted by atomic mass is 9.66. The second kappa shape index (κ2) is 10.8. The van der Waals surface area contributed by atoms with Gasteiger partial charge in [-0.1, -0.05) is 80.1 Å². The molecule has 6 nitrogen and oxygen atoms in total. The van der Waals surface area contributed by atoms with Gasteiger partial charge in [0.15, 0.2) is 0 Å². The molecule has 2 atom stereocenters. The molecule has 0 aromatic heterocycles. The first-order valence-electron chi connectivity index (χ1n) is 13.9. The number of esters is 1. The Morgan fingerprint density at radius 2 is 1.82 bits per heavy atom. The van der Waals surface area contributed by atoms with Crippen molar-refractivity contribution in [3.63, 3.8) is 0 Å². The Balaban J connectivity index is 1.62. The molecule has 0 amide bonds. The quantitative estimate of drug-likeness (QED) is 0.356. The summed E-state index contributed by atoms with van der Waals surface area (Å²) in [4.78, 5) is 14.0. The molecule has 7 heteroatoms. The van der Waals surface area contributed by atoms with Gasteiger partial charge in [0.2, 0.25) is 10.0 Å². The van der Waals surface area contributed by atoms with Crippen molar-refractivity contribution in [3.8, 4) is 0 Å². The number of sulfonamides is 1. The third kappa shape index (κ3) is 5.61. The number of aliphatic hydroxyl groups excluding tert-OH is 1. The van der Waals surface area contributed by atoms with Gasteiger partial charge in [-0.25, -0.2) is 18.4 Å². The maximum Gasteiger partial charge on any atom is 0.339 e. The molecule has 39 heavy (non-hydrogen) atoms. The Hall–Kier alpha value is -3.16. The van der Waals surface area contributed by atoms with Crippen LogP contribution in [0.5, 0.6) is 0 Å². The fraction of sp³-hybridized carbons (Fsp3) is 0.406. The normalized spacial score (nSPS) is 25.1. The first kappa shape index (κ1) is 27.4. The van der Waals surface area contributed by atoms with E-state index in [-0.39, 0.29) is 22.6 Å². The number of hydrogen-bond acceptors (Lipinski definition) is 5. The van der Waals surface area contributed by atoms with Crippen LogP contribution in [0.4, 0.5) is 0 Å². The number of carbonyl (C=O) groups is 1. The van der Waals surface area contributed by atoms with Gasteiger partial charge in [-0.15, -0.1) is 0 Å². The van der Waals surface area contributed by atoms with Gasteiger partial charge < -0.3 is 9.84 Å². The standard InChI is InChI=1S/C32H37NO5S/c1-2-17-31(20-16-23-10-5-3-6-11-23)22-26(34)29(30(35)38-31)32(18-7-4-8-19-32)28-25(21-24-14-15-24)12-9-13-27(28)39(33,36)37/h3-13,18,24,34H,2,14-17,19-22H2,1H3,(H2,33,36,37). The Morgan fingerprint density at radius 1 is 1.05 bits per heavy atom. The molecule has 206 valence electrons. The number of nitrogens with two attached hydrogens (primary N) is 1. The van der Waals surface area contributed by atoms with Crippen molar-refractivity contribution in [2.45, 2.75) is 80.6 Å². The van der Waals surface area contributed by atoms with E-state index < -0.39 is 27.0 Å². The van der Waals surface area contributed by atoms with Gasteiger partial charge in [0.1, 0.15) is 11.4 Å². The highest BCUT2D eigenvalue weighted by atomic mass is 32.2. The Kier molecular flexibility index (Phi) is 7.57. The van der Waals surface area contributed by atoms with Crippen LogP contribution in [0.1, 0.15) is 68.6 Å².